The maximum absolute atomic E-state index is 5.87. The lowest BCUT2D eigenvalue weighted by Gasteiger charge is -2.06. The molecule has 3 aromatic rings. The summed E-state index contributed by atoms with van der Waals surface area (Å²) in [4.78, 5) is 13.2. The summed E-state index contributed by atoms with van der Waals surface area (Å²) in [7, 11) is 1.64. The maximum atomic E-state index is 5.87. The van der Waals surface area contributed by atoms with Crippen molar-refractivity contribution >= 4 is 22.2 Å². The number of methoxy groups -OCH3 is 1. The number of oxazole rings is 1. The van der Waals surface area contributed by atoms with Crippen LogP contribution in [0, 0.1) is 0 Å². The van der Waals surface area contributed by atoms with E-state index >= 15 is 0 Å². The van der Waals surface area contributed by atoms with Gasteiger partial charge in [0.25, 0.3) is 0 Å². The molecule has 24 heavy (non-hydrogen) atoms. The van der Waals surface area contributed by atoms with Gasteiger partial charge in [-0.2, -0.15) is 0 Å². The van der Waals surface area contributed by atoms with Crippen LogP contribution in [0.3, 0.4) is 0 Å². The van der Waals surface area contributed by atoms with Crippen LogP contribution >= 0.6 is 0 Å². The molecule has 0 radical (unpaired) electrons. The van der Waals surface area contributed by atoms with E-state index in [4.69, 9.17) is 9.15 Å². The number of aromatic nitrogens is 3. The third-order valence-corrected chi connectivity index (χ3v) is 3.79. The second kappa shape index (κ2) is 6.12. The molecule has 0 unspecified atom stereocenters. The third-order valence-electron chi connectivity index (χ3n) is 3.79. The first-order valence-corrected chi connectivity index (χ1v) is 7.64. The smallest absolute Gasteiger partial charge is 0.223 e. The fraction of sp³-hybridized carbons (Fsp3) is 0.105. The largest absolute Gasteiger partial charge is 0.496 e. The van der Waals surface area contributed by atoms with E-state index in [0.29, 0.717) is 23.9 Å². The van der Waals surface area contributed by atoms with Gasteiger partial charge in [-0.25, -0.2) is 15.0 Å². The molecule has 2 heterocycles. The Morgan fingerprint density at radius 3 is 2.71 bits per heavy atom. The van der Waals surface area contributed by atoms with E-state index in [0.717, 1.165) is 22.2 Å². The highest BCUT2D eigenvalue weighted by Crippen LogP contribution is 2.30. The van der Waals surface area contributed by atoms with Crippen molar-refractivity contribution in [3.8, 4) is 0 Å². The molecule has 0 saturated carbocycles. The fourth-order valence-electron chi connectivity index (χ4n) is 2.63. The van der Waals surface area contributed by atoms with Crippen molar-refractivity contribution in [3.05, 3.63) is 78.4 Å². The monoisotopic (exact) mass is 317 g/mol. The van der Waals surface area contributed by atoms with E-state index in [9.17, 15) is 0 Å². The first-order chi connectivity index (χ1) is 11.8. The first kappa shape index (κ1) is 14.4. The van der Waals surface area contributed by atoms with Crippen LogP contribution in [-0.2, 0) is 4.74 Å². The van der Waals surface area contributed by atoms with Crippen molar-refractivity contribution in [3.63, 3.8) is 0 Å². The molecule has 1 aliphatic carbocycles. The standard InChI is InChI=1S/C19H15N3O2/c1-23-17-12-13(19-22-15-8-2-3-9-16(15)24-19)6-4-7-14(17)18-20-10-5-11-21-18/h2-5,7-12H,6H2,1H3. The van der Waals surface area contributed by atoms with Crippen LogP contribution < -0.4 is 0 Å². The van der Waals surface area contributed by atoms with Gasteiger partial charge in [0.1, 0.15) is 11.3 Å². The van der Waals surface area contributed by atoms with E-state index < -0.39 is 0 Å². The van der Waals surface area contributed by atoms with E-state index in [2.05, 4.69) is 15.0 Å². The predicted molar refractivity (Wildman–Crippen MR) is 91.7 cm³/mol. The minimum atomic E-state index is 0.602. The molecule has 0 bridgehead atoms. The Kier molecular flexibility index (Phi) is 3.67. The van der Waals surface area contributed by atoms with Gasteiger partial charge in [0, 0.05) is 18.0 Å². The highest BCUT2D eigenvalue weighted by atomic mass is 16.5. The summed E-state index contributed by atoms with van der Waals surface area (Å²) in [6.07, 6.45) is 10.1. The zero-order valence-corrected chi connectivity index (χ0v) is 13.1. The zero-order valence-electron chi connectivity index (χ0n) is 13.1. The van der Waals surface area contributed by atoms with Crippen LogP contribution in [-0.4, -0.2) is 22.1 Å². The minimum Gasteiger partial charge on any atom is -0.496 e. The second-order valence-electron chi connectivity index (χ2n) is 5.32. The molecule has 1 aromatic carbocycles. The van der Waals surface area contributed by atoms with Gasteiger partial charge in [-0.1, -0.05) is 24.3 Å². The molecule has 118 valence electrons. The average Bonchev–Trinajstić information content (AvgIpc) is 2.95. The highest BCUT2D eigenvalue weighted by Gasteiger charge is 2.16. The Morgan fingerprint density at radius 2 is 1.92 bits per heavy atom. The molecule has 5 nitrogen and oxygen atoms in total. The molecule has 0 atom stereocenters. The quantitative estimate of drug-likeness (QED) is 0.730. The molecule has 0 amide bonds. The summed E-state index contributed by atoms with van der Waals surface area (Å²) in [5.41, 5.74) is 3.40. The van der Waals surface area contributed by atoms with Crippen molar-refractivity contribution in [1.29, 1.82) is 0 Å². The van der Waals surface area contributed by atoms with Gasteiger partial charge in [-0.3, -0.25) is 0 Å². The maximum Gasteiger partial charge on any atom is 0.223 e. The normalized spacial score (nSPS) is 14.6. The summed E-state index contributed by atoms with van der Waals surface area (Å²) in [5.74, 6) is 1.92. The van der Waals surface area contributed by atoms with Crippen molar-refractivity contribution in [2.24, 2.45) is 0 Å². The van der Waals surface area contributed by atoms with Gasteiger partial charge in [0.15, 0.2) is 11.4 Å². The number of benzene rings is 1. The molecule has 2 aromatic heterocycles. The van der Waals surface area contributed by atoms with Gasteiger partial charge in [-0.05, 0) is 30.7 Å². The fourth-order valence-corrected chi connectivity index (χ4v) is 2.63. The van der Waals surface area contributed by atoms with Crippen LogP contribution in [0.15, 0.2) is 71.1 Å². The summed E-state index contributed by atoms with van der Waals surface area (Å²) >= 11 is 0. The van der Waals surface area contributed by atoms with Crippen molar-refractivity contribution in [2.75, 3.05) is 7.11 Å². The molecule has 5 heteroatoms. The summed E-state index contributed by atoms with van der Waals surface area (Å²) < 4.78 is 11.4. The molecule has 0 saturated heterocycles. The summed E-state index contributed by atoms with van der Waals surface area (Å²) in [6, 6.07) is 9.52. The Hall–Kier alpha value is -3.21. The van der Waals surface area contributed by atoms with E-state index in [1.54, 1.807) is 25.6 Å². The molecule has 1 aliphatic rings. The number of para-hydroxylation sites is 2. The lowest BCUT2D eigenvalue weighted by molar-refractivity contribution is 0.309. The molecular weight excluding hydrogens is 302 g/mol. The number of fused-ring (bicyclic) bond motifs is 1. The van der Waals surface area contributed by atoms with Crippen LogP contribution in [0.2, 0.25) is 0 Å². The van der Waals surface area contributed by atoms with Gasteiger partial charge >= 0.3 is 0 Å². The molecule has 0 aliphatic heterocycles. The number of rotatable bonds is 3. The van der Waals surface area contributed by atoms with E-state index in [1.807, 2.05) is 42.5 Å². The number of hydrogen-bond acceptors (Lipinski definition) is 5. The molecule has 4 rings (SSSR count). The molecule has 0 fully saturated rings. The number of ether oxygens (including phenoxy) is 1. The Labute approximate surface area is 139 Å². The summed E-state index contributed by atoms with van der Waals surface area (Å²) in [5, 5.41) is 0. The van der Waals surface area contributed by atoms with Crippen LogP contribution in [0.4, 0.5) is 0 Å². The van der Waals surface area contributed by atoms with E-state index in [1.165, 1.54) is 0 Å². The molecule has 0 N–H and O–H groups in total. The molecule has 0 spiro atoms. The van der Waals surface area contributed by atoms with Gasteiger partial charge in [-0.15, -0.1) is 0 Å². The highest BCUT2D eigenvalue weighted by molar-refractivity contribution is 5.81. The minimum absolute atomic E-state index is 0.602. The lowest BCUT2D eigenvalue weighted by atomic mass is 10.1. The van der Waals surface area contributed by atoms with E-state index in [-0.39, 0.29) is 0 Å². The van der Waals surface area contributed by atoms with Crippen LogP contribution in [0.5, 0.6) is 0 Å². The zero-order chi connectivity index (χ0) is 16.4. The second-order valence-corrected chi connectivity index (χ2v) is 5.32. The molecular formula is C19H15N3O2. The third kappa shape index (κ3) is 2.60. The summed E-state index contributed by atoms with van der Waals surface area (Å²) in [6.45, 7) is 0. The predicted octanol–water partition coefficient (Wildman–Crippen LogP) is 4.02. The van der Waals surface area contributed by atoms with Crippen LogP contribution in [0.1, 0.15) is 18.1 Å². The number of hydrogen-bond donors (Lipinski definition) is 0. The van der Waals surface area contributed by atoms with Crippen molar-refractivity contribution in [1.82, 2.24) is 15.0 Å². The number of nitrogens with zero attached hydrogens (tertiary/aromatic N) is 3. The Balaban J connectivity index is 1.81. The SMILES string of the molecule is COC1=C(c2ncccn2)C=CCC(c2nc3ccccc3o2)=C1. The topological polar surface area (TPSA) is 61.0 Å². The van der Waals surface area contributed by atoms with Gasteiger partial charge in [0.05, 0.1) is 12.7 Å². The Bertz CT molecular complexity index is 935. The number of allylic oxidation sites excluding steroid dienone is 5. The lowest BCUT2D eigenvalue weighted by Crippen LogP contribution is -1.95. The van der Waals surface area contributed by atoms with Gasteiger partial charge in [0.2, 0.25) is 5.89 Å². The Morgan fingerprint density at radius 1 is 1.08 bits per heavy atom. The van der Waals surface area contributed by atoms with Crippen molar-refractivity contribution in [2.45, 2.75) is 6.42 Å². The van der Waals surface area contributed by atoms with Gasteiger partial charge < -0.3 is 9.15 Å². The van der Waals surface area contributed by atoms with Crippen molar-refractivity contribution < 1.29 is 9.15 Å². The van der Waals surface area contributed by atoms with Crippen LogP contribution in [0.25, 0.3) is 22.2 Å². The first-order valence-electron chi connectivity index (χ1n) is 7.64. The average molecular weight is 317 g/mol.